The van der Waals surface area contributed by atoms with Crippen molar-refractivity contribution in [3.05, 3.63) is 74.7 Å². The molecule has 0 aliphatic carbocycles. The van der Waals surface area contributed by atoms with E-state index in [1.807, 2.05) is 36.6 Å². The van der Waals surface area contributed by atoms with Gasteiger partial charge in [-0.15, -0.1) is 11.3 Å². The van der Waals surface area contributed by atoms with Gasteiger partial charge in [0, 0.05) is 35.0 Å². The van der Waals surface area contributed by atoms with Gasteiger partial charge in [-0.1, -0.05) is 0 Å². The van der Waals surface area contributed by atoms with Gasteiger partial charge < -0.3 is 14.8 Å². The number of thiophene rings is 1. The summed E-state index contributed by atoms with van der Waals surface area (Å²) in [5.41, 5.74) is 4.93. The Hall–Kier alpha value is -3.37. The van der Waals surface area contributed by atoms with Crippen molar-refractivity contribution in [2.45, 2.75) is 26.8 Å². The van der Waals surface area contributed by atoms with Crippen molar-refractivity contribution in [1.29, 1.82) is 5.26 Å². The summed E-state index contributed by atoms with van der Waals surface area (Å²) in [6.07, 6.45) is 0.873. The van der Waals surface area contributed by atoms with Gasteiger partial charge in [-0.05, 0) is 67.6 Å². The monoisotopic (exact) mass is 418 g/mol. The molecule has 152 valence electrons. The fraction of sp³-hybridized carbons (Fsp3) is 0.261. The van der Waals surface area contributed by atoms with Crippen LogP contribution >= 0.6 is 11.3 Å². The second-order valence-electron chi connectivity index (χ2n) is 7.40. The zero-order valence-electron chi connectivity index (χ0n) is 16.9. The zero-order chi connectivity index (χ0) is 21.3. The van der Waals surface area contributed by atoms with Crippen LogP contribution in [0.15, 0.2) is 41.8 Å². The molecule has 3 aromatic rings. The lowest BCUT2D eigenvalue weighted by atomic mass is 10.1. The van der Waals surface area contributed by atoms with Crippen LogP contribution in [0.1, 0.15) is 37.7 Å². The number of nitrogens with zero attached hydrogens (tertiary/aromatic N) is 3. The number of hydrogen-bond donors (Lipinski definition) is 1. The van der Waals surface area contributed by atoms with Crippen molar-refractivity contribution < 1.29 is 9.59 Å². The molecule has 0 radical (unpaired) electrons. The normalized spacial score (nSPS) is 12.9. The highest BCUT2D eigenvalue weighted by Gasteiger charge is 2.23. The molecule has 7 heteroatoms. The van der Waals surface area contributed by atoms with E-state index in [0.717, 1.165) is 23.5 Å². The lowest BCUT2D eigenvalue weighted by Gasteiger charge is -2.27. The van der Waals surface area contributed by atoms with Crippen molar-refractivity contribution in [2.75, 3.05) is 13.1 Å². The Morgan fingerprint density at radius 3 is 2.70 bits per heavy atom. The first-order chi connectivity index (χ1) is 14.5. The van der Waals surface area contributed by atoms with Crippen LogP contribution in [-0.2, 0) is 17.8 Å². The van der Waals surface area contributed by atoms with Crippen molar-refractivity contribution >= 4 is 23.2 Å². The van der Waals surface area contributed by atoms with Crippen LogP contribution in [0, 0.1) is 25.2 Å². The van der Waals surface area contributed by atoms with Crippen LogP contribution in [0.2, 0.25) is 0 Å². The molecule has 3 heterocycles. The first-order valence-electron chi connectivity index (χ1n) is 9.78. The molecular weight excluding hydrogens is 396 g/mol. The van der Waals surface area contributed by atoms with E-state index < -0.39 is 0 Å². The molecule has 0 spiro atoms. The van der Waals surface area contributed by atoms with Gasteiger partial charge in [-0.25, -0.2) is 0 Å². The van der Waals surface area contributed by atoms with Gasteiger partial charge in [0.1, 0.15) is 0 Å². The van der Waals surface area contributed by atoms with Crippen LogP contribution in [0.4, 0.5) is 0 Å². The van der Waals surface area contributed by atoms with Gasteiger partial charge in [-0.3, -0.25) is 9.59 Å². The first-order valence-corrected chi connectivity index (χ1v) is 10.7. The summed E-state index contributed by atoms with van der Waals surface area (Å²) in [5.74, 6) is -0.328. The van der Waals surface area contributed by atoms with Crippen molar-refractivity contribution in [1.82, 2.24) is 14.8 Å². The zero-order valence-corrected chi connectivity index (χ0v) is 17.8. The van der Waals surface area contributed by atoms with Crippen LogP contribution in [-0.4, -0.2) is 34.4 Å². The highest BCUT2D eigenvalue weighted by Crippen LogP contribution is 2.24. The van der Waals surface area contributed by atoms with Crippen LogP contribution in [0.3, 0.4) is 0 Å². The molecule has 4 rings (SSSR count). The molecule has 0 saturated heterocycles. The number of aryl methyl sites for hydroxylation is 1. The second-order valence-corrected chi connectivity index (χ2v) is 8.40. The van der Waals surface area contributed by atoms with Gasteiger partial charge in [0.05, 0.1) is 23.7 Å². The third-order valence-corrected chi connectivity index (χ3v) is 6.51. The molecule has 2 amide bonds. The molecule has 1 aliphatic heterocycles. The van der Waals surface area contributed by atoms with E-state index in [2.05, 4.69) is 22.8 Å². The standard InChI is InChI=1S/C23H22N4O2S/c1-15-11-20(16(2)27(15)19-5-3-17(12-24)4-6-19)23(29)25-13-22(28)26-9-7-21-18(14-26)8-10-30-21/h3-6,8,10-11H,7,9,13-14H2,1-2H3,(H,25,29). The third-order valence-electron chi connectivity index (χ3n) is 5.49. The lowest BCUT2D eigenvalue weighted by Crippen LogP contribution is -2.42. The number of benzene rings is 1. The van der Waals surface area contributed by atoms with E-state index in [0.29, 0.717) is 24.2 Å². The molecule has 1 N–H and O–H groups in total. The number of hydrogen-bond acceptors (Lipinski definition) is 4. The van der Waals surface area contributed by atoms with E-state index in [-0.39, 0.29) is 18.4 Å². The molecule has 1 aliphatic rings. The maximum Gasteiger partial charge on any atom is 0.253 e. The molecule has 0 unspecified atom stereocenters. The number of rotatable bonds is 4. The number of fused-ring (bicyclic) bond motifs is 1. The Bertz CT molecular complexity index is 1150. The van der Waals surface area contributed by atoms with E-state index in [1.54, 1.807) is 28.4 Å². The Balaban J connectivity index is 1.44. The largest absolute Gasteiger partial charge is 0.343 e. The average molecular weight is 419 g/mol. The van der Waals surface area contributed by atoms with E-state index >= 15 is 0 Å². The average Bonchev–Trinajstić information content (AvgIpc) is 3.35. The molecule has 0 bridgehead atoms. The van der Waals surface area contributed by atoms with Crippen molar-refractivity contribution in [2.24, 2.45) is 0 Å². The van der Waals surface area contributed by atoms with E-state index in [4.69, 9.17) is 5.26 Å². The Morgan fingerprint density at radius 2 is 1.97 bits per heavy atom. The SMILES string of the molecule is Cc1cc(C(=O)NCC(=O)N2CCc3sccc3C2)c(C)n1-c1ccc(C#N)cc1. The number of aromatic nitrogens is 1. The third kappa shape index (κ3) is 3.74. The summed E-state index contributed by atoms with van der Waals surface area (Å²) in [4.78, 5) is 28.5. The molecular formula is C23H22N4O2S. The first kappa shape index (κ1) is 19.9. The van der Waals surface area contributed by atoms with Crippen LogP contribution in [0.5, 0.6) is 0 Å². The van der Waals surface area contributed by atoms with Gasteiger partial charge in [0.2, 0.25) is 5.91 Å². The second kappa shape index (κ2) is 8.17. The smallest absolute Gasteiger partial charge is 0.253 e. The van der Waals surface area contributed by atoms with E-state index in [1.165, 1.54) is 10.4 Å². The molecule has 30 heavy (non-hydrogen) atoms. The maximum absolute atomic E-state index is 12.8. The summed E-state index contributed by atoms with van der Waals surface area (Å²) in [5, 5.41) is 13.8. The topological polar surface area (TPSA) is 78.1 Å². The summed E-state index contributed by atoms with van der Waals surface area (Å²) in [7, 11) is 0. The predicted octanol–water partition coefficient (Wildman–Crippen LogP) is 3.34. The minimum absolute atomic E-state index is 0.0150. The van der Waals surface area contributed by atoms with Gasteiger partial charge >= 0.3 is 0 Å². The van der Waals surface area contributed by atoms with Gasteiger partial charge in [0.25, 0.3) is 5.91 Å². The molecule has 0 fully saturated rings. The summed E-state index contributed by atoms with van der Waals surface area (Å²) in [6, 6.07) is 13.2. The summed E-state index contributed by atoms with van der Waals surface area (Å²) >= 11 is 1.73. The summed E-state index contributed by atoms with van der Waals surface area (Å²) in [6.45, 7) is 5.10. The lowest BCUT2D eigenvalue weighted by molar-refractivity contribution is -0.131. The molecule has 6 nitrogen and oxygen atoms in total. The Labute approximate surface area is 179 Å². The van der Waals surface area contributed by atoms with Crippen LogP contribution in [0.25, 0.3) is 5.69 Å². The maximum atomic E-state index is 12.8. The van der Waals surface area contributed by atoms with Gasteiger partial charge in [-0.2, -0.15) is 5.26 Å². The molecule has 2 aromatic heterocycles. The fourth-order valence-corrected chi connectivity index (χ4v) is 4.79. The Kier molecular flexibility index (Phi) is 5.42. The molecule has 0 atom stereocenters. The number of amides is 2. The highest BCUT2D eigenvalue weighted by molar-refractivity contribution is 7.10. The quantitative estimate of drug-likeness (QED) is 0.706. The number of carbonyl (C=O) groups excluding carboxylic acids is 2. The highest BCUT2D eigenvalue weighted by atomic mass is 32.1. The minimum atomic E-state index is -0.260. The number of carbonyl (C=O) groups is 2. The van der Waals surface area contributed by atoms with Gasteiger partial charge in [0.15, 0.2) is 0 Å². The van der Waals surface area contributed by atoms with Crippen molar-refractivity contribution in [3.8, 4) is 11.8 Å². The summed E-state index contributed by atoms with van der Waals surface area (Å²) < 4.78 is 1.97. The molecule has 0 saturated carbocycles. The Morgan fingerprint density at radius 1 is 1.20 bits per heavy atom. The predicted molar refractivity (Wildman–Crippen MR) is 116 cm³/mol. The number of nitriles is 1. The molecule has 1 aromatic carbocycles. The minimum Gasteiger partial charge on any atom is -0.343 e. The van der Waals surface area contributed by atoms with E-state index in [9.17, 15) is 9.59 Å². The number of nitrogens with one attached hydrogen (secondary N) is 1. The van der Waals surface area contributed by atoms with Crippen molar-refractivity contribution in [3.63, 3.8) is 0 Å². The van der Waals surface area contributed by atoms with Crippen LogP contribution < -0.4 is 5.32 Å². The fourth-order valence-electron chi connectivity index (χ4n) is 3.90.